The Hall–Kier alpha value is -1.44. The van der Waals surface area contributed by atoms with Gasteiger partial charge in [-0.15, -0.1) is 0 Å². The van der Waals surface area contributed by atoms with Gasteiger partial charge in [0.25, 0.3) is 0 Å². The summed E-state index contributed by atoms with van der Waals surface area (Å²) in [4.78, 5) is 11.7. The molecule has 1 aromatic rings. The topological polar surface area (TPSA) is 77.0 Å². The van der Waals surface area contributed by atoms with E-state index in [1.807, 2.05) is 6.92 Å². The average Bonchev–Trinajstić information content (AvgIpc) is 2.78. The average molecular weight is 356 g/mol. The van der Waals surface area contributed by atoms with E-state index < -0.39 is 24.9 Å². The molecule has 0 aliphatic carbocycles. The number of hydrogen-bond acceptors (Lipinski definition) is 5. The minimum absolute atomic E-state index is 0.334. The van der Waals surface area contributed by atoms with Crippen LogP contribution in [0.3, 0.4) is 0 Å². The van der Waals surface area contributed by atoms with E-state index >= 15 is 0 Å². The molecule has 0 saturated heterocycles. The van der Waals surface area contributed by atoms with Gasteiger partial charge in [0.2, 0.25) is 0 Å². The largest absolute Gasteiger partial charge is 0.495 e. The highest BCUT2D eigenvalue weighted by atomic mass is 35.5. The Bertz CT molecular complexity index is 605. The van der Waals surface area contributed by atoms with Crippen molar-refractivity contribution in [2.45, 2.75) is 45.8 Å². The van der Waals surface area contributed by atoms with Crippen LogP contribution in [0.5, 0.6) is 5.75 Å². The summed E-state index contributed by atoms with van der Waals surface area (Å²) >= 11 is 6.27. The Morgan fingerprint density at radius 3 is 2.79 bits per heavy atom. The maximum atomic E-state index is 11.7. The summed E-state index contributed by atoms with van der Waals surface area (Å²) in [6.07, 6.45) is -0.452. The van der Waals surface area contributed by atoms with Gasteiger partial charge >= 0.3 is 13.2 Å². The molecule has 0 radical (unpaired) electrons. The fourth-order valence-electron chi connectivity index (χ4n) is 2.58. The van der Waals surface area contributed by atoms with E-state index in [2.05, 4.69) is 5.32 Å². The fraction of sp³-hybridized carbons (Fsp3) is 0.562. The van der Waals surface area contributed by atoms with Gasteiger partial charge in [-0.05, 0) is 46.2 Å². The highest BCUT2D eigenvalue weighted by Crippen LogP contribution is 2.35. The predicted octanol–water partition coefficient (Wildman–Crippen LogP) is 2.41. The molecule has 1 aromatic carbocycles. The number of benzene rings is 1. The number of ether oxygens (including phenoxy) is 2. The lowest BCUT2D eigenvalue weighted by Crippen LogP contribution is -2.33. The molecule has 1 atom stereocenters. The maximum absolute atomic E-state index is 11.7. The van der Waals surface area contributed by atoms with Gasteiger partial charge in [-0.1, -0.05) is 11.6 Å². The molecule has 132 valence electrons. The molecular formula is C16H23BClNO5. The molecule has 6 nitrogen and oxygen atoms in total. The fourth-order valence-corrected chi connectivity index (χ4v) is 2.86. The van der Waals surface area contributed by atoms with Gasteiger partial charge in [-0.2, -0.15) is 0 Å². The lowest BCUT2D eigenvalue weighted by Gasteiger charge is -2.20. The molecule has 0 unspecified atom stereocenters. The van der Waals surface area contributed by atoms with E-state index in [-0.39, 0.29) is 0 Å². The van der Waals surface area contributed by atoms with Gasteiger partial charge in [0.05, 0.1) is 12.7 Å². The maximum Gasteiger partial charge on any atom is 0.495 e. The van der Waals surface area contributed by atoms with Gasteiger partial charge in [-0.25, -0.2) is 4.79 Å². The number of nitrogens with one attached hydrogen (secondary N) is 1. The van der Waals surface area contributed by atoms with Crippen molar-refractivity contribution in [3.63, 3.8) is 0 Å². The van der Waals surface area contributed by atoms with E-state index in [1.165, 1.54) is 0 Å². The SMILES string of the molecule is CCOc1ccc(Cl)c2c1B(O)O[C@H]2CCNC(=O)OC(C)(C)C. The smallest absolute Gasteiger partial charge is 0.494 e. The minimum Gasteiger partial charge on any atom is -0.494 e. The first kappa shape index (κ1) is 18.9. The van der Waals surface area contributed by atoms with Gasteiger partial charge in [0.1, 0.15) is 11.4 Å². The zero-order valence-corrected chi connectivity index (χ0v) is 15.1. The Morgan fingerprint density at radius 2 is 2.17 bits per heavy atom. The minimum atomic E-state index is -1.09. The Labute approximate surface area is 147 Å². The van der Waals surface area contributed by atoms with E-state index in [1.54, 1.807) is 32.9 Å². The van der Waals surface area contributed by atoms with E-state index in [9.17, 15) is 9.82 Å². The van der Waals surface area contributed by atoms with Gasteiger partial charge in [0, 0.05) is 22.6 Å². The quantitative estimate of drug-likeness (QED) is 0.793. The third-order valence-electron chi connectivity index (χ3n) is 3.43. The van der Waals surface area contributed by atoms with Crippen LogP contribution in [0.15, 0.2) is 12.1 Å². The number of carbonyl (C=O) groups excluding carboxylic acids is 1. The lowest BCUT2D eigenvalue weighted by molar-refractivity contribution is 0.0520. The highest BCUT2D eigenvalue weighted by molar-refractivity contribution is 6.63. The standard InChI is InChI=1S/C16H23BClNO5/c1-5-22-12-7-6-10(18)13-11(24-17(21)14(12)13)8-9-19-15(20)23-16(2,3)4/h6-7,11,21H,5,8-9H2,1-4H3,(H,19,20)/t11-/m0/s1. The van der Waals surface area contributed by atoms with Crippen molar-refractivity contribution in [2.24, 2.45) is 0 Å². The number of rotatable bonds is 5. The monoisotopic (exact) mass is 355 g/mol. The number of carbonyl (C=O) groups is 1. The number of hydrogen-bond donors (Lipinski definition) is 2. The van der Waals surface area contributed by atoms with Crippen molar-refractivity contribution in [2.75, 3.05) is 13.2 Å². The Kier molecular flexibility index (Phi) is 6.01. The van der Waals surface area contributed by atoms with Gasteiger partial charge < -0.3 is 24.5 Å². The number of alkyl carbamates (subject to hydrolysis) is 1. The van der Waals surface area contributed by atoms with Crippen molar-refractivity contribution >= 4 is 30.3 Å². The van der Waals surface area contributed by atoms with Crippen LogP contribution in [0, 0.1) is 0 Å². The summed E-state index contributed by atoms with van der Waals surface area (Å²) in [7, 11) is -1.09. The van der Waals surface area contributed by atoms with Crippen LogP contribution in [0.2, 0.25) is 5.02 Å². The second-order valence-corrected chi connectivity index (χ2v) is 6.91. The van der Waals surface area contributed by atoms with Crippen molar-refractivity contribution in [1.29, 1.82) is 0 Å². The van der Waals surface area contributed by atoms with Crippen LogP contribution >= 0.6 is 11.6 Å². The molecule has 0 spiro atoms. The van der Waals surface area contributed by atoms with E-state index in [4.69, 9.17) is 25.7 Å². The molecule has 8 heteroatoms. The first-order valence-electron chi connectivity index (χ1n) is 7.98. The summed E-state index contributed by atoms with van der Waals surface area (Å²) in [5, 5.41) is 13.4. The zero-order chi connectivity index (χ0) is 17.9. The molecule has 1 aliphatic rings. The number of halogens is 1. The van der Waals surface area contributed by atoms with Crippen LogP contribution in [0.25, 0.3) is 0 Å². The van der Waals surface area contributed by atoms with Crippen molar-refractivity contribution in [3.05, 3.63) is 22.7 Å². The summed E-state index contributed by atoms with van der Waals surface area (Å²) < 4.78 is 16.3. The zero-order valence-electron chi connectivity index (χ0n) is 14.4. The van der Waals surface area contributed by atoms with Gasteiger partial charge in [0.15, 0.2) is 0 Å². The molecule has 1 amide bonds. The normalized spacial score (nSPS) is 16.8. The van der Waals surface area contributed by atoms with Crippen LogP contribution in [-0.2, 0) is 9.39 Å². The van der Waals surface area contributed by atoms with Crippen molar-refractivity contribution in [3.8, 4) is 5.75 Å². The molecule has 1 aliphatic heterocycles. The predicted molar refractivity (Wildman–Crippen MR) is 92.9 cm³/mol. The number of fused-ring (bicyclic) bond motifs is 1. The highest BCUT2D eigenvalue weighted by Gasteiger charge is 2.39. The first-order valence-corrected chi connectivity index (χ1v) is 8.36. The summed E-state index contributed by atoms with van der Waals surface area (Å²) in [6.45, 7) is 8.08. The lowest BCUT2D eigenvalue weighted by atomic mass is 9.78. The van der Waals surface area contributed by atoms with Crippen LogP contribution < -0.4 is 15.5 Å². The van der Waals surface area contributed by atoms with Crippen molar-refractivity contribution in [1.82, 2.24) is 5.32 Å². The summed E-state index contributed by atoms with van der Waals surface area (Å²) in [5.74, 6) is 0.562. The van der Waals surface area contributed by atoms with Crippen LogP contribution in [-0.4, -0.2) is 37.0 Å². The van der Waals surface area contributed by atoms with Crippen LogP contribution in [0.4, 0.5) is 4.79 Å². The summed E-state index contributed by atoms with van der Waals surface area (Å²) in [6, 6.07) is 3.44. The second kappa shape index (κ2) is 7.63. The van der Waals surface area contributed by atoms with E-state index in [0.717, 1.165) is 0 Å². The molecule has 24 heavy (non-hydrogen) atoms. The van der Waals surface area contributed by atoms with Crippen LogP contribution in [0.1, 0.15) is 45.8 Å². The molecule has 0 fully saturated rings. The molecule has 1 heterocycles. The molecule has 2 rings (SSSR count). The molecule has 2 N–H and O–H groups in total. The number of amides is 1. The molecule has 0 bridgehead atoms. The first-order chi connectivity index (χ1) is 11.2. The third-order valence-corrected chi connectivity index (χ3v) is 3.76. The van der Waals surface area contributed by atoms with E-state index in [0.29, 0.717) is 41.4 Å². The molecule has 0 aromatic heterocycles. The Balaban J connectivity index is 2.03. The third kappa shape index (κ3) is 4.56. The van der Waals surface area contributed by atoms with Gasteiger partial charge in [-0.3, -0.25) is 0 Å². The second-order valence-electron chi connectivity index (χ2n) is 6.50. The Morgan fingerprint density at radius 1 is 1.46 bits per heavy atom. The molecular weight excluding hydrogens is 332 g/mol. The van der Waals surface area contributed by atoms with Crippen molar-refractivity contribution < 1.29 is 23.9 Å². The summed E-state index contributed by atoms with van der Waals surface area (Å²) in [5.41, 5.74) is 0.722. The molecule has 0 saturated carbocycles.